The summed E-state index contributed by atoms with van der Waals surface area (Å²) in [5.74, 6) is -0.536. The highest BCUT2D eigenvalue weighted by Crippen LogP contribution is 2.32. The molecule has 2 rings (SSSR count). The zero-order valence-corrected chi connectivity index (χ0v) is 8.17. The van der Waals surface area contributed by atoms with Gasteiger partial charge in [-0.3, -0.25) is 14.9 Å². The van der Waals surface area contributed by atoms with Crippen LogP contribution in [0.15, 0.2) is 18.2 Å². The van der Waals surface area contributed by atoms with E-state index in [0.29, 0.717) is 5.69 Å². The van der Waals surface area contributed by atoms with Crippen molar-refractivity contribution in [3.63, 3.8) is 0 Å². The van der Waals surface area contributed by atoms with Crippen LogP contribution in [0.3, 0.4) is 0 Å². The van der Waals surface area contributed by atoms with Crippen LogP contribution in [0.25, 0.3) is 0 Å². The molecule has 0 radical (unpaired) electrons. The topological polar surface area (TPSA) is 107 Å². The number of benzene rings is 1. The predicted octanol–water partition coefficient (Wildman–Crippen LogP) is 0.193. The Labute approximate surface area is 90.3 Å². The Kier molecular flexibility index (Phi) is 2.35. The number of ether oxygens (including phenoxy) is 1. The lowest BCUT2D eigenvalue weighted by molar-refractivity contribution is -0.559. The number of hydrogen-bond donors (Lipinski definition) is 2. The van der Waals surface area contributed by atoms with Crippen molar-refractivity contribution in [2.75, 3.05) is 11.9 Å². The number of anilines is 1. The lowest BCUT2D eigenvalue weighted by Gasteiger charge is -2.23. The van der Waals surface area contributed by atoms with Crippen molar-refractivity contribution in [2.45, 2.75) is 6.23 Å². The summed E-state index contributed by atoms with van der Waals surface area (Å²) < 4.78 is 5.12. The number of rotatable bonds is 2. The van der Waals surface area contributed by atoms with Crippen LogP contribution in [0.1, 0.15) is 10.4 Å². The first-order valence-electron chi connectivity index (χ1n) is 4.56. The van der Waals surface area contributed by atoms with E-state index in [2.05, 4.69) is 5.32 Å². The SMILES string of the molecule is NC(=O)c1cccc2c1OC([N+](=O)[O-])CN2. The second-order valence-corrected chi connectivity index (χ2v) is 3.29. The molecule has 0 saturated heterocycles. The number of nitro groups is 1. The number of hydrogen-bond acceptors (Lipinski definition) is 5. The number of primary amides is 1. The van der Waals surface area contributed by atoms with Gasteiger partial charge in [0, 0.05) is 0 Å². The molecule has 1 unspecified atom stereocenters. The summed E-state index contributed by atoms with van der Waals surface area (Å²) in [6, 6.07) is 4.75. The Morgan fingerprint density at radius 3 is 3.00 bits per heavy atom. The van der Waals surface area contributed by atoms with Gasteiger partial charge in [-0.1, -0.05) is 6.07 Å². The van der Waals surface area contributed by atoms with Crippen molar-refractivity contribution in [1.29, 1.82) is 0 Å². The third kappa shape index (κ3) is 1.62. The molecule has 1 aliphatic heterocycles. The number of nitrogens with zero attached hydrogens (tertiary/aromatic N) is 1. The molecule has 0 bridgehead atoms. The summed E-state index contributed by atoms with van der Waals surface area (Å²) >= 11 is 0. The summed E-state index contributed by atoms with van der Waals surface area (Å²) in [5, 5.41) is 13.4. The number of carbonyl (C=O) groups excluding carboxylic acids is 1. The van der Waals surface area contributed by atoms with Gasteiger partial charge in [-0.25, -0.2) is 0 Å². The minimum atomic E-state index is -1.20. The van der Waals surface area contributed by atoms with Crippen molar-refractivity contribution in [3.05, 3.63) is 33.9 Å². The van der Waals surface area contributed by atoms with Crippen molar-refractivity contribution in [2.24, 2.45) is 5.73 Å². The van der Waals surface area contributed by atoms with Crippen LogP contribution in [0.2, 0.25) is 0 Å². The minimum Gasteiger partial charge on any atom is -0.426 e. The van der Waals surface area contributed by atoms with E-state index >= 15 is 0 Å². The van der Waals surface area contributed by atoms with Crippen LogP contribution in [-0.2, 0) is 0 Å². The third-order valence-electron chi connectivity index (χ3n) is 2.24. The van der Waals surface area contributed by atoms with Gasteiger partial charge in [0.05, 0.1) is 16.2 Å². The Morgan fingerprint density at radius 1 is 1.62 bits per heavy atom. The van der Waals surface area contributed by atoms with Gasteiger partial charge in [0.25, 0.3) is 5.91 Å². The number of nitrogens with one attached hydrogen (secondary N) is 1. The number of carbonyl (C=O) groups is 1. The molecule has 3 N–H and O–H groups in total. The molecule has 0 aromatic heterocycles. The average Bonchev–Trinajstić information content (AvgIpc) is 2.27. The van der Waals surface area contributed by atoms with Gasteiger partial charge >= 0.3 is 6.23 Å². The molecule has 1 heterocycles. The summed E-state index contributed by atoms with van der Waals surface area (Å²) in [6.07, 6.45) is -1.20. The quantitative estimate of drug-likeness (QED) is 0.549. The number of nitrogens with two attached hydrogens (primary N) is 1. The fraction of sp³-hybridized carbons (Fsp3) is 0.222. The van der Waals surface area contributed by atoms with Crippen LogP contribution >= 0.6 is 0 Å². The molecular formula is C9H9N3O4. The lowest BCUT2D eigenvalue weighted by atomic mass is 10.1. The molecule has 16 heavy (non-hydrogen) atoms. The van der Waals surface area contributed by atoms with Gasteiger partial charge in [0.15, 0.2) is 5.75 Å². The first kappa shape index (κ1) is 10.2. The molecule has 1 amide bonds. The van der Waals surface area contributed by atoms with E-state index in [-0.39, 0.29) is 17.9 Å². The van der Waals surface area contributed by atoms with Crippen LogP contribution in [0, 0.1) is 10.1 Å². The van der Waals surface area contributed by atoms with Crippen molar-refractivity contribution < 1.29 is 14.5 Å². The fourth-order valence-electron chi connectivity index (χ4n) is 1.49. The molecule has 1 aromatic carbocycles. The Bertz CT molecular complexity index is 460. The van der Waals surface area contributed by atoms with Gasteiger partial charge < -0.3 is 15.8 Å². The highest BCUT2D eigenvalue weighted by atomic mass is 16.7. The largest absolute Gasteiger partial charge is 0.426 e. The Morgan fingerprint density at radius 2 is 2.38 bits per heavy atom. The Hall–Kier alpha value is -2.31. The van der Waals surface area contributed by atoms with E-state index in [0.717, 1.165) is 0 Å². The lowest BCUT2D eigenvalue weighted by Crippen LogP contribution is -2.38. The number of amides is 1. The van der Waals surface area contributed by atoms with Gasteiger partial charge in [0.1, 0.15) is 6.54 Å². The molecule has 1 aromatic rings. The van der Waals surface area contributed by atoms with E-state index in [1.165, 1.54) is 6.07 Å². The number of para-hydroxylation sites is 1. The summed E-state index contributed by atoms with van der Waals surface area (Å²) in [4.78, 5) is 21.1. The summed E-state index contributed by atoms with van der Waals surface area (Å²) in [5.41, 5.74) is 5.81. The number of fused-ring (bicyclic) bond motifs is 1. The molecule has 84 valence electrons. The molecule has 0 spiro atoms. The normalized spacial score (nSPS) is 17.9. The van der Waals surface area contributed by atoms with E-state index in [1.807, 2.05) is 0 Å². The van der Waals surface area contributed by atoms with Crippen LogP contribution in [-0.4, -0.2) is 23.6 Å². The van der Waals surface area contributed by atoms with E-state index < -0.39 is 17.1 Å². The maximum atomic E-state index is 11.1. The molecule has 0 aliphatic carbocycles. The standard InChI is InChI=1S/C9H9N3O4/c10-9(13)5-2-1-3-6-8(5)16-7(4-11-6)12(14)15/h1-3,7,11H,4H2,(H2,10,13). The van der Waals surface area contributed by atoms with Crippen molar-refractivity contribution in [3.8, 4) is 5.75 Å². The zero-order chi connectivity index (χ0) is 11.7. The molecule has 0 saturated carbocycles. The highest BCUT2D eigenvalue weighted by molar-refractivity contribution is 5.97. The van der Waals surface area contributed by atoms with E-state index in [9.17, 15) is 14.9 Å². The predicted molar refractivity (Wildman–Crippen MR) is 54.9 cm³/mol. The first-order valence-corrected chi connectivity index (χ1v) is 4.56. The second kappa shape index (κ2) is 3.69. The maximum absolute atomic E-state index is 11.1. The molecule has 7 nitrogen and oxygen atoms in total. The summed E-state index contributed by atoms with van der Waals surface area (Å²) in [7, 11) is 0. The van der Waals surface area contributed by atoms with E-state index in [4.69, 9.17) is 10.5 Å². The zero-order valence-electron chi connectivity index (χ0n) is 8.17. The van der Waals surface area contributed by atoms with Crippen LogP contribution < -0.4 is 15.8 Å². The monoisotopic (exact) mass is 223 g/mol. The van der Waals surface area contributed by atoms with Gasteiger partial charge in [0.2, 0.25) is 0 Å². The molecule has 1 aliphatic rings. The Balaban J connectivity index is 2.41. The second-order valence-electron chi connectivity index (χ2n) is 3.29. The molecular weight excluding hydrogens is 214 g/mol. The average molecular weight is 223 g/mol. The van der Waals surface area contributed by atoms with Crippen LogP contribution in [0.5, 0.6) is 5.75 Å². The molecule has 7 heteroatoms. The summed E-state index contributed by atoms with van der Waals surface area (Å²) in [6.45, 7) is 0.0578. The minimum absolute atomic E-state index is 0.0578. The van der Waals surface area contributed by atoms with Gasteiger partial charge in [-0.2, -0.15) is 0 Å². The highest BCUT2D eigenvalue weighted by Gasteiger charge is 2.30. The molecule has 0 fully saturated rings. The maximum Gasteiger partial charge on any atom is 0.371 e. The first-order chi connectivity index (χ1) is 7.59. The smallest absolute Gasteiger partial charge is 0.371 e. The van der Waals surface area contributed by atoms with Gasteiger partial charge in [-0.05, 0) is 12.1 Å². The fourth-order valence-corrected chi connectivity index (χ4v) is 1.49. The van der Waals surface area contributed by atoms with Crippen LogP contribution in [0.4, 0.5) is 5.69 Å². The van der Waals surface area contributed by atoms with Gasteiger partial charge in [-0.15, -0.1) is 0 Å². The third-order valence-corrected chi connectivity index (χ3v) is 2.24. The van der Waals surface area contributed by atoms with E-state index in [1.54, 1.807) is 12.1 Å². The van der Waals surface area contributed by atoms with Crippen molar-refractivity contribution >= 4 is 11.6 Å². The van der Waals surface area contributed by atoms with Crippen molar-refractivity contribution in [1.82, 2.24) is 0 Å². The molecule has 1 atom stereocenters.